The number of hydrogen-bond acceptors (Lipinski definition) is 2. The van der Waals surface area contributed by atoms with Crippen LogP contribution in [-0.2, 0) is 0 Å². The van der Waals surface area contributed by atoms with Crippen molar-refractivity contribution in [2.24, 2.45) is 5.41 Å². The molecule has 0 unspecified atom stereocenters. The van der Waals surface area contributed by atoms with Gasteiger partial charge in [-0.3, -0.25) is 0 Å². The number of benzene rings is 1. The molecule has 0 aliphatic rings. The summed E-state index contributed by atoms with van der Waals surface area (Å²) < 4.78 is 0. The first-order valence-electron chi connectivity index (χ1n) is 5.67. The van der Waals surface area contributed by atoms with E-state index in [1.165, 1.54) is 11.1 Å². The third kappa shape index (κ3) is 3.58. The van der Waals surface area contributed by atoms with E-state index in [2.05, 4.69) is 43.4 Å². The van der Waals surface area contributed by atoms with Gasteiger partial charge < -0.3 is 5.32 Å². The van der Waals surface area contributed by atoms with E-state index in [9.17, 15) is 0 Å². The first-order chi connectivity index (χ1) is 7.44. The molecule has 0 fully saturated rings. The molecule has 86 valence electrons. The molecule has 16 heavy (non-hydrogen) atoms. The molecule has 0 aliphatic heterocycles. The van der Waals surface area contributed by atoms with Crippen molar-refractivity contribution >= 4 is 5.69 Å². The summed E-state index contributed by atoms with van der Waals surface area (Å²) in [7, 11) is 0. The van der Waals surface area contributed by atoms with Crippen LogP contribution in [0.4, 0.5) is 5.69 Å². The minimum Gasteiger partial charge on any atom is -0.385 e. The third-order valence-corrected chi connectivity index (χ3v) is 2.89. The van der Waals surface area contributed by atoms with Crippen LogP contribution in [0.5, 0.6) is 0 Å². The summed E-state index contributed by atoms with van der Waals surface area (Å²) in [6.07, 6.45) is 0.858. The first-order valence-corrected chi connectivity index (χ1v) is 5.67. The van der Waals surface area contributed by atoms with Gasteiger partial charge in [-0.25, -0.2) is 0 Å². The Labute approximate surface area is 98.3 Å². The van der Waals surface area contributed by atoms with Gasteiger partial charge in [-0.1, -0.05) is 6.07 Å². The van der Waals surface area contributed by atoms with Gasteiger partial charge in [0.25, 0.3) is 0 Å². The van der Waals surface area contributed by atoms with Crippen LogP contribution in [0, 0.1) is 30.6 Å². The van der Waals surface area contributed by atoms with Gasteiger partial charge in [-0.2, -0.15) is 5.26 Å². The van der Waals surface area contributed by atoms with Gasteiger partial charge in [-0.05, 0) is 57.4 Å². The predicted molar refractivity (Wildman–Crippen MR) is 68.4 cm³/mol. The average molecular weight is 216 g/mol. The molecule has 2 heteroatoms. The summed E-state index contributed by atoms with van der Waals surface area (Å²) in [5, 5.41) is 12.2. The predicted octanol–water partition coefficient (Wildman–Crippen LogP) is 3.66. The minimum atomic E-state index is -0.243. The molecule has 0 atom stereocenters. The van der Waals surface area contributed by atoms with Crippen molar-refractivity contribution in [3.8, 4) is 6.07 Å². The third-order valence-electron chi connectivity index (χ3n) is 2.89. The Morgan fingerprint density at radius 1 is 1.25 bits per heavy atom. The monoisotopic (exact) mass is 216 g/mol. The Kier molecular flexibility index (Phi) is 3.95. The number of nitrogens with zero attached hydrogens (tertiary/aromatic N) is 1. The van der Waals surface area contributed by atoms with Crippen LogP contribution in [0.1, 0.15) is 31.4 Å². The van der Waals surface area contributed by atoms with Gasteiger partial charge in [-0.15, -0.1) is 0 Å². The highest BCUT2D eigenvalue weighted by molar-refractivity contribution is 5.48. The van der Waals surface area contributed by atoms with Crippen molar-refractivity contribution in [3.63, 3.8) is 0 Å². The van der Waals surface area contributed by atoms with Crippen LogP contribution in [-0.4, -0.2) is 6.54 Å². The number of rotatable bonds is 4. The van der Waals surface area contributed by atoms with Crippen molar-refractivity contribution in [3.05, 3.63) is 29.3 Å². The zero-order chi connectivity index (χ0) is 12.2. The molecule has 0 saturated carbocycles. The quantitative estimate of drug-likeness (QED) is 0.833. The maximum absolute atomic E-state index is 8.89. The molecule has 1 aromatic rings. The lowest BCUT2D eigenvalue weighted by atomic mass is 9.91. The fourth-order valence-electron chi connectivity index (χ4n) is 1.43. The highest BCUT2D eigenvalue weighted by atomic mass is 14.9. The molecule has 0 heterocycles. The van der Waals surface area contributed by atoms with Gasteiger partial charge in [0, 0.05) is 12.2 Å². The highest BCUT2D eigenvalue weighted by Crippen LogP contribution is 2.19. The standard InChI is InChI=1S/C14H20N2/c1-11-5-6-13(9-12(11)2)16-8-7-14(3,4)10-15/h5-6,9,16H,7-8H2,1-4H3. The first kappa shape index (κ1) is 12.6. The molecule has 0 spiro atoms. The van der Waals surface area contributed by atoms with Crippen molar-refractivity contribution < 1.29 is 0 Å². The van der Waals surface area contributed by atoms with Crippen LogP contribution in [0.25, 0.3) is 0 Å². The van der Waals surface area contributed by atoms with Crippen LogP contribution in [0.3, 0.4) is 0 Å². The smallest absolute Gasteiger partial charge is 0.0684 e. The van der Waals surface area contributed by atoms with Crippen LogP contribution >= 0.6 is 0 Å². The van der Waals surface area contributed by atoms with E-state index < -0.39 is 0 Å². The number of aryl methyl sites for hydroxylation is 2. The van der Waals surface area contributed by atoms with Crippen LogP contribution < -0.4 is 5.32 Å². The van der Waals surface area contributed by atoms with Gasteiger partial charge in [0.2, 0.25) is 0 Å². The lowest BCUT2D eigenvalue weighted by Crippen LogP contribution is -2.14. The molecule has 0 amide bonds. The van der Waals surface area contributed by atoms with Crippen molar-refractivity contribution in [1.29, 1.82) is 5.26 Å². The summed E-state index contributed by atoms with van der Waals surface area (Å²) in [6.45, 7) is 8.99. The van der Waals surface area contributed by atoms with Crippen molar-refractivity contribution in [2.75, 3.05) is 11.9 Å². The topological polar surface area (TPSA) is 35.8 Å². The summed E-state index contributed by atoms with van der Waals surface area (Å²) >= 11 is 0. The van der Waals surface area contributed by atoms with Gasteiger partial charge >= 0.3 is 0 Å². The molecule has 1 rings (SSSR count). The van der Waals surface area contributed by atoms with E-state index in [1.807, 2.05) is 13.8 Å². The van der Waals surface area contributed by atoms with Gasteiger partial charge in [0.05, 0.1) is 11.5 Å². The zero-order valence-corrected chi connectivity index (χ0v) is 10.6. The summed E-state index contributed by atoms with van der Waals surface area (Å²) in [5.41, 5.74) is 3.50. The largest absolute Gasteiger partial charge is 0.385 e. The van der Waals surface area contributed by atoms with E-state index >= 15 is 0 Å². The molecule has 2 nitrogen and oxygen atoms in total. The SMILES string of the molecule is Cc1ccc(NCCC(C)(C)C#N)cc1C. The van der Waals surface area contributed by atoms with Crippen LogP contribution in [0.2, 0.25) is 0 Å². The average Bonchev–Trinajstić information content (AvgIpc) is 2.23. The number of anilines is 1. The van der Waals surface area contributed by atoms with Gasteiger partial charge in [0.1, 0.15) is 0 Å². The summed E-state index contributed by atoms with van der Waals surface area (Å²) in [5.74, 6) is 0. The normalized spacial score (nSPS) is 10.9. The second kappa shape index (κ2) is 5.03. The van der Waals surface area contributed by atoms with E-state index in [-0.39, 0.29) is 5.41 Å². The summed E-state index contributed by atoms with van der Waals surface area (Å²) in [6, 6.07) is 8.66. The van der Waals surface area contributed by atoms with Gasteiger partial charge in [0.15, 0.2) is 0 Å². The molecule has 1 aromatic carbocycles. The molecule has 0 saturated heterocycles. The number of nitrogens with one attached hydrogen (secondary N) is 1. The van der Waals surface area contributed by atoms with Crippen LogP contribution in [0.15, 0.2) is 18.2 Å². The molecular weight excluding hydrogens is 196 g/mol. The Balaban J connectivity index is 2.50. The summed E-state index contributed by atoms with van der Waals surface area (Å²) in [4.78, 5) is 0. The Hall–Kier alpha value is -1.49. The molecule has 0 aliphatic carbocycles. The van der Waals surface area contributed by atoms with E-state index in [0.717, 1.165) is 18.7 Å². The molecular formula is C14H20N2. The molecule has 0 radical (unpaired) electrons. The maximum atomic E-state index is 8.89. The second-order valence-corrected chi connectivity index (χ2v) is 4.97. The fraction of sp³-hybridized carbons (Fsp3) is 0.500. The van der Waals surface area contributed by atoms with E-state index in [1.54, 1.807) is 0 Å². The number of nitriles is 1. The molecule has 0 aromatic heterocycles. The van der Waals surface area contributed by atoms with Crippen molar-refractivity contribution in [2.45, 2.75) is 34.1 Å². The molecule has 0 bridgehead atoms. The van der Waals surface area contributed by atoms with E-state index in [4.69, 9.17) is 5.26 Å². The highest BCUT2D eigenvalue weighted by Gasteiger charge is 2.15. The lowest BCUT2D eigenvalue weighted by molar-refractivity contribution is 0.466. The Morgan fingerprint density at radius 3 is 2.50 bits per heavy atom. The Morgan fingerprint density at radius 2 is 1.94 bits per heavy atom. The second-order valence-electron chi connectivity index (χ2n) is 4.97. The molecule has 1 N–H and O–H groups in total. The zero-order valence-electron chi connectivity index (χ0n) is 10.6. The Bertz CT molecular complexity index is 400. The van der Waals surface area contributed by atoms with E-state index in [0.29, 0.717) is 0 Å². The maximum Gasteiger partial charge on any atom is 0.0684 e. The lowest BCUT2D eigenvalue weighted by Gasteiger charge is -2.16. The number of hydrogen-bond donors (Lipinski definition) is 1. The fourth-order valence-corrected chi connectivity index (χ4v) is 1.43. The minimum absolute atomic E-state index is 0.243. The van der Waals surface area contributed by atoms with Crippen molar-refractivity contribution in [1.82, 2.24) is 0 Å².